The maximum atomic E-state index is 12.4. The van der Waals surface area contributed by atoms with E-state index >= 15 is 0 Å². The smallest absolute Gasteiger partial charge is 0.184 e. The van der Waals surface area contributed by atoms with Gasteiger partial charge in [-0.15, -0.1) is 0 Å². The summed E-state index contributed by atoms with van der Waals surface area (Å²) >= 11 is 6.25. The number of aromatic nitrogens is 1. The molecule has 156 valence electrons. The first-order valence-electron chi connectivity index (χ1n) is 10.9. The molecule has 6 heteroatoms. The Morgan fingerprint density at radius 2 is 2.24 bits per heavy atom. The van der Waals surface area contributed by atoms with Crippen LogP contribution in [0.5, 0.6) is 0 Å². The van der Waals surface area contributed by atoms with Crippen molar-refractivity contribution in [2.24, 2.45) is 11.8 Å². The van der Waals surface area contributed by atoms with Crippen LogP contribution in [0, 0.1) is 11.8 Å². The number of halogens is 1. The number of aromatic amines is 1. The molecule has 2 aliphatic rings. The van der Waals surface area contributed by atoms with Gasteiger partial charge in [-0.1, -0.05) is 31.0 Å². The van der Waals surface area contributed by atoms with Gasteiger partial charge in [-0.3, -0.25) is 9.69 Å². The van der Waals surface area contributed by atoms with Gasteiger partial charge in [0.15, 0.2) is 5.78 Å². The highest BCUT2D eigenvalue weighted by atomic mass is 35.5. The van der Waals surface area contributed by atoms with E-state index in [2.05, 4.69) is 16.8 Å². The number of H-pyrrole nitrogens is 1. The summed E-state index contributed by atoms with van der Waals surface area (Å²) < 4.78 is 9.53. The van der Waals surface area contributed by atoms with E-state index in [4.69, 9.17) is 11.6 Å². The molecule has 1 fully saturated rings. The van der Waals surface area contributed by atoms with Crippen LogP contribution in [0.3, 0.4) is 0 Å². The molecule has 0 aliphatic carbocycles. The fraction of sp³-hybridized carbons (Fsp3) is 0.522. The summed E-state index contributed by atoms with van der Waals surface area (Å²) in [5.74, 6) is -0.0646. The van der Waals surface area contributed by atoms with Crippen LogP contribution in [0.2, 0.25) is 5.02 Å². The van der Waals surface area contributed by atoms with Gasteiger partial charge in [0.1, 0.15) is 6.61 Å². The summed E-state index contributed by atoms with van der Waals surface area (Å²) in [5.41, 5.74) is 4.17. The quantitative estimate of drug-likeness (QED) is 0.647. The van der Waals surface area contributed by atoms with E-state index in [1.165, 1.54) is 0 Å². The number of hydrogen-bond acceptors (Lipinski definition) is 4. The summed E-state index contributed by atoms with van der Waals surface area (Å²) in [7, 11) is 0. The molecule has 0 bridgehead atoms. The van der Waals surface area contributed by atoms with Gasteiger partial charge < -0.3 is 15.2 Å². The number of fused-ring (bicyclic) bond motifs is 5. The molecule has 0 amide bonds. The first kappa shape index (κ1) is 19.3. The van der Waals surface area contributed by atoms with Crippen molar-refractivity contribution in [1.82, 2.24) is 9.88 Å². The Labute approximate surface area is 177 Å². The van der Waals surface area contributed by atoms with Crippen molar-refractivity contribution in [2.75, 3.05) is 19.7 Å². The van der Waals surface area contributed by atoms with Crippen LogP contribution >= 0.6 is 11.6 Å². The van der Waals surface area contributed by atoms with Crippen molar-refractivity contribution in [3.05, 3.63) is 45.6 Å². The Balaban J connectivity index is 1.84. The van der Waals surface area contributed by atoms with Crippen molar-refractivity contribution in [2.45, 2.75) is 45.7 Å². The van der Waals surface area contributed by atoms with E-state index in [9.17, 15) is 16.4 Å². The van der Waals surface area contributed by atoms with Crippen molar-refractivity contribution in [1.29, 1.82) is 0 Å². The molecule has 0 spiro atoms. The Bertz CT molecular complexity index is 1020. The molecule has 3 heterocycles. The van der Waals surface area contributed by atoms with Gasteiger partial charge in [-0.2, -0.15) is 0 Å². The summed E-state index contributed by atoms with van der Waals surface area (Å²) in [6.07, 6.45) is 4.01. The zero-order chi connectivity index (χ0) is 21.6. The van der Waals surface area contributed by atoms with E-state index in [0.717, 1.165) is 53.7 Å². The summed E-state index contributed by atoms with van der Waals surface area (Å²) in [6, 6.07) is 2.64. The van der Waals surface area contributed by atoms with E-state index in [0.29, 0.717) is 17.0 Å². The molecular formula is C23H29ClN2O3. The van der Waals surface area contributed by atoms with Crippen LogP contribution in [0.4, 0.5) is 0 Å². The number of nitrogens with zero attached hydrogens (tertiary/aromatic N) is 1. The molecule has 2 aromatic rings. The van der Waals surface area contributed by atoms with E-state index < -0.39 is 12.6 Å². The number of aliphatic hydroxyl groups excluding tert-OH is 2. The van der Waals surface area contributed by atoms with Crippen LogP contribution in [0.15, 0.2) is 23.8 Å². The Morgan fingerprint density at radius 1 is 1.45 bits per heavy atom. The Hall–Kier alpha value is -1.66. The normalized spacial score (nSPS) is 28.2. The average Bonchev–Trinajstić information content (AvgIpc) is 3.12. The van der Waals surface area contributed by atoms with Crippen LogP contribution in [0.1, 0.15) is 50.9 Å². The molecule has 2 aliphatic heterocycles. The number of nitrogens with one attached hydrogen (secondary N) is 1. The van der Waals surface area contributed by atoms with Gasteiger partial charge in [0, 0.05) is 34.7 Å². The Kier molecular flexibility index (Phi) is 5.48. The summed E-state index contributed by atoms with van der Waals surface area (Å²) in [6.45, 7) is 4.85. The number of hydrogen-bond donors (Lipinski definition) is 3. The van der Waals surface area contributed by atoms with Gasteiger partial charge in [0.2, 0.25) is 0 Å². The lowest BCUT2D eigenvalue weighted by molar-refractivity contribution is -0.119. The third-order valence-corrected chi connectivity index (χ3v) is 6.88. The van der Waals surface area contributed by atoms with Crippen molar-refractivity contribution in [3.63, 3.8) is 0 Å². The monoisotopic (exact) mass is 417 g/mol. The van der Waals surface area contributed by atoms with Crippen LogP contribution in [-0.2, 0) is 17.8 Å². The number of rotatable bonds is 5. The maximum Gasteiger partial charge on any atom is 0.184 e. The highest BCUT2D eigenvalue weighted by Crippen LogP contribution is 2.46. The number of benzene rings is 1. The lowest BCUT2D eigenvalue weighted by atomic mass is 9.73. The zero-order valence-electron chi connectivity index (χ0n) is 18.0. The molecule has 5 nitrogen and oxygen atoms in total. The van der Waals surface area contributed by atoms with Crippen molar-refractivity contribution in [3.8, 4) is 0 Å². The third-order valence-electron chi connectivity index (χ3n) is 6.66. The molecule has 0 radical (unpaired) electrons. The zero-order valence-corrected chi connectivity index (χ0v) is 17.7. The van der Waals surface area contributed by atoms with E-state index in [1.54, 1.807) is 6.07 Å². The molecule has 29 heavy (non-hydrogen) atoms. The highest BCUT2D eigenvalue weighted by molar-refractivity contribution is 6.31. The minimum absolute atomic E-state index is 0.0772. The lowest BCUT2D eigenvalue weighted by Gasteiger charge is -2.46. The molecule has 1 saturated heterocycles. The SMILES string of the molecule is [2H][C@@]12C[C@H](/C(=C\C)C(=O)CO)[C@H](CC)CN1CCc1c2[nH]c2cc(Cl)cc(CO)c12. The molecule has 0 unspecified atom stereocenters. The number of carbonyl (C=O) groups is 1. The summed E-state index contributed by atoms with van der Waals surface area (Å²) in [5, 5.41) is 20.9. The fourth-order valence-electron chi connectivity index (χ4n) is 5.28. The predicted molar refractivity (Wildman–Crippen MR) is 115 cm³/mol. The van der Waals surface area contributed by atoms with Crippen LogP contribution in [-0.4, -0.2) is 45.6 Å². The van der Waals surface area contributed by atoms with E-state index in [-0.39, 0.29) is 24.2 Å². The van der Waals surface area contributed by atoms with E-state index in [1.807, 2.05) is 19.1 Å². The maximum absolute atomic E-state index is 12.4. The van der Waals surface area contributed by atoms with Gasteiger partial charge in [-0.05, 0) is 60.4 Å². The first-order valence-corrected chi connectivity index (χ1v) is 10.7. The highest BCUT2D eigenvalue weighted by Gasteiger charge is 2.41. The largest absolute Gasteiger partial charge is 0.392 e. The number of carbonyl (C=O) groups excluding carboxylic acids is 1. The summed E-state index contributed by atoms with van der Waals surface area (Å²) in [4.78, 5) is 18.1. The first-order chi connectivity index (χ1) is 14.4. The lowest BCUT2D eigenvalue weighted by Crippen LogP contribution is -2.47. The average molecular weight is 418 g/mol. The topological polar surface area (TPSA) is 76.6 Å². The second-order valence-electron chi connectivity index (χ2n) is 8.07. The minimum atomic E-state index is -0.994. The number of aliphatic hydroxyl groups is 2. The van der Waals surface area contributed by atoms with Gasteiger partial charge in [0.05, 0.1) is 14.0 Å². The molecule has 4 rings (SSSR count). The van der Waals surface area contributed by atoms with Gasteiger partial charge >= 0.3 is 0 Å². The van der Waals surface area contributed by atoms with Crippen LogP contribution in [0.25, 0.3) is 10.9 Å². The second-order valence-corrected chi connectivity index (χ2v) is 8.51. The van der Waals surface area contributed by atoms with Crippen LogP contribution < -0.4 is 0 Å². The number of piperidine rings is 1. The number of Topliss-reactive ketones (excluding diaryl/α,β-unsaturated/α-hetero) is 1. The molecule has 1 aromatic heterocycles. The fourth-order valence-corrected chi connectivity index (χ4v) is 5.52. The van der Waals surface area contributed by atoms with Crippen molar-refractivity contribution < 1.29 is 16.4 Å². The molecule has 0 saturated carbocycles. The minimum Gasteiger partial charge on any atom is -0.392 e. The third kappa shape index (κ3) is 3.44. The number of ketones is 1. The standard InChI is InChI=1S/C23H29ClN2O3/c1-3-13-10-26-6-5-17-22-14(11-27)7-15(24)8-19(22)25-23(17)20(26)9-18(13)16(4-2)21(29)12-28/h4,7-8,13,18,20,25,27-28H,3,5-6,9-12H2,1-2H3/b16-4+/t13-,18+,20+/m1/s1/i20D. The Morgan fingerprint density at radius 3 is 2.90 bits per heavy atom. The molecule has 3 atom stereocenters. The number of allylic oxidation sites excluding steroid dienone is 1. The molecule has 3 N–H and O–H groups in total. The molecular weight excluding hydrogens is 388 g/mol. The van der Waals surface area contributed by atoms with Gasteiger partial charge in [0.25, 0.3) is 0 Å². The second kappa shape index (κ2) is 8.23. The predicted octanol–water partition coefficient (Wildman–Crippen LogP) is 3.77. The van der Waals surface area contributed by atoms with Crippen molar-refractivity contribution >= 4 is 28.3 Å². The molecule has 1 aromatic carbocycles. The van der Waals surface area contributed by atoms with Gasteiger partial charge in [-0.25, -0.2) is 0 Å².